The van der Waals surface area contributed by atoms with Gasteiger partial charge in [0.1, 0.15) is 0 Å². The molecule has 2 nitrogen and oxygen atoms in total. The molecule has 3 heteroatoms. The van der Waals surface area contributed by atoms with E-state index in [1.165, 1.54) is 31.2 Å². The molecule has 0 unspecified atom stereocenters. The lowest BCUT2D eigenvalue weighted by molar-refractivity contribution is 0.175. The number of halogens is 1. The van der Waals surface area contributed by atoms with E-state index in [1.54, 1.807) is 0 Å². The molecule has 0 atom stereocenters. The number of hydrogen-bond acceptors (Lipinski definition) is 2. The Kier molecular flexibility index (Phi) is 3.55. The molecule has 2 rings (SSSR count). The molecule has 1 saturated carbocycles. The van der Waals surface area contributed by atoms with Gasteiger partial charge < -0.3 is 11.1 Å². The summed E-state index contributed by atoms with van der Waals surface area (Å²) in [5.74, 6) is 0. The molecule has 16 heavy (non-hydrogen) atoms. The number of nitrogen functional groups attached to an aromatic ring is 1. The summed E-state index contributed by atoms with van der Waals surface area (Å²) in [5.41, 5.74) is 8.44. The van der Waals surface area contributed by atoms with Gasteiger partial charge in [0.05, 0.1) is 0 Å². The predicted molar refractivity (Wildman–Crippen MR) is 72.3 cm³/mol. The average Bonchev–Trinajstić information content (AvgIpc) is 2.19. The summed E-state index contributed by atoms with van der Waals surface area (Å²) >= 11 is 3.42. The van der Waals surface area contributed by atoms with Gasteiger partial charge in [0.2, 0.25) is 0 Å². The highest BCUT2D eigenvalue weighted by Crippen LogP contribution is 2.35. The quantitative estimate of drug-likeness (QED) is 0.830. The fourth-order valence-electron chi connectivity index (χ4n) is 2.27. The largest absolute Gasteiger partial charge is 0.398 e. The number of nitrogens with one attached hydrogen (secondary N) is 1. The maximum atomic E-state index is 5.98. The molecule has 0 amide bonds. The molecule has 1 fully saturated rings. The average molecular weight is 283 g/mol. The lowest BCUT2D eigenvalue weighted by Gasteiger charge is -2.42. The summed E-state index contributed by atoms with van der Waals surface area (Å²) in [4.78, 5) is 0. The van der Waals surface area contributed by atoms with Crippen LogP contribution in [0.2, 0.25) is 0 Å². The Labute approximate surface area is 106 Å². The summed E-state index contributed by atoms with van der Waals surface area (Å²) in [5, 5.41) is 3.66. The van der Waals surface area contributed by atoms with Crippen molar-refractivity contribution in [2.75, 3.05) is 5.73 Å². The Morgan fingerprint density at radius 1 is 1.44 bits per heavy atom. The van der Waals surface area contributed by atoms with Crippen molar-refractivity contribution in [1.29, 1.82) is 0 Å². The number of nitrogens with two attached hydrogens (primary N) is 1. The van der Waals surface area contributed by atoms with E-state index in [2.05, 4.69) is 34.2 Å². The second kappa shape index (κ2) is 4.76. The van der Waals surface area contributed by atoms with Gasteiger partial charge in [-0.05, 0) is 43.4 Å². The molecule has 0 spiro atoms. The molecular weight excluding hydrogens is 264 g/mol. The molecule has 0 aliphatic heterocycles. The van der Waals surface area contributed by atoms with E-state index >= 15 is 0 Å². The van der Waals surface area contributed by atoms with Gasteiger partial charge in [-0.3, -0.25) is 0 Å². The van der Waals surface area contributed by atoms with Gasteiger partial charge in [-0.25, -0.2) is 0 Å². The Balaban J connectivity index is 1.99. The van der Waals surface area contributed by atoms with Crippen LogP contribution in [-0.2, 0) is 6.54 Å². The third-order valence-corrected chi connectivity index (χ3v) is 4.24. The summed E-state index contributed by atoms with van der Waals surface area (Å²) in [6, 6.07) is 6.11. The highest BCUT2D eigenvalue weighted by molar-refractivity contribution is 9.10. The zero-order valence-electron chi connectivity index (χ0n) is 9.72. The van der Waals surface area contributed by atoms with E-state index in [0.717, 1.165) is 16.7 Å². The van der Waals surface area contributed by atoms with Gasteiger partial charge >= 0.3 is 0 Å². The first kappa shape index (κ1) is 11.9. The molecule has 88 valence electrons. The van der Waals surface area contributed by atoms with E-state index in [4.69, 9.17) is 5.73 Å². The third kappa shape index (κ3) is 2.41. The fraction of sp³-hybridized carbons (Fsp3) is 0.538. The van der Waals surface area contributed by atoms with E-state index in [9.17, 15) is 0 Å². The minimum Gasteiger partial charge on any atom is -0.398 e. The number of benzene rings is 1. The second-order valence-electron chi connectivity index (χ2n) is 4.68. The molecule has 0 radical (unpaired) electrons. The Bertz CT molecular complexity index is 367. The van der Waals surface area contributed by atoms with Crippen molar-refractivity contribution >= 4 is 21.6 Å². The molecule has 0 bridgehead atoms. The first-order chi connectivity index (χ1) is 7.65. The van der Waals surface area contributed by atoms with Crippen LogP contribution in [0.1, 0.15) is 38.2 Å². The van der Waals surface area contributed by atoms with Crippen molar-refractivity contribution in [2.45, 2.75) is 44.7 Å². The Hall–Kier alpha value is -0.540. The lowest BCUT2D eigenvalue weighted by atomic mass is 9.75. The molecule has 1 aliphatic carbocycles. The third-order valence-electron chi connectivity index (χ3n) is 3.75. The topological polar surface area (TPSA) is 38.0 Å². The summed E-state index contributed by atoms with van der Waals surface area (Å²) in [6.07, 6.45) is 5.18. The van der Waals surface area contributed by atoms with Gasteiger partial charge in [0.15, 0.2) is 0 Å². The van der Waals surface area contributed by atoms with Crippen LogP contribution in [0.15, 0.2) is 22.7 Å². The molecular formula is C13H19BrN2. The van der Waals surface area contributed by atoms with Crippen LogP contribution in [0.5, 0.6) is 0 Å². The molecule has 0 heterocycles. The molecule has 0 aromatic heterocycles. The minimum atomic E-state index is 0.388. The van der Waals surface area contributed by atoms with E-state index in [1.807, 2.05) is 12.1 Å². The molecule has 0 saturated heterocycles. The maximum Gasteiger partial charge on any atom is 0.0370 e. The zero-order chi connectivity index (χ0) is 11.6. The number of anilines is 1. The van der Waals surface area contributed by atoms with Crippen LogP contribution < -0.4 is 11.1 Å². The monoisotopic (exact) mass is 282 g/mol. The highest BCUT2D eigenvalue weighted by atomic mass is 79.9. The maximum absolute atomic E-state index is 5.98. The number of rotatable bonds is 4. The normalized spacial score (nSPS) is 18.1. The molecule has 1 aromatic rings. The summed E-state index contributed by atoms with van der Waals surface area (Å²) in [6.45, 7) is 3.14. The summed E-state index contributed by atoms with van der Waals surface area (Å²) in [7, 11) is 0. The van der Waals surface area contributed by atoms with Crippen molar-refractivity contribution in [1.82, 2.24) is 5.32 Å². The van der Waals surface area contributed by atoms with Gasteiger partial charge in [-0.15, -0.1) is 0 Å². The smallest absolute Gasteiger partial charge is 0.0370 e. The van der Waals surface area contributed by atoms with Gasteiger partial charge in [0.25, 0.3) is 0 Å². The highest BCUT2D eigenvalue weighted by Gasteiger charge is 2.34. The van der Waals surface area contributed by atoms with Crippen molar-refractivity contribution < 1.29 is 0 Å². The summed E-state index contributed by atoms with van der Waals surface area (Å²) < 4.78 is 1.04. The fourth-order valence-corrected chi connectivity index (χ4v) is 2.65. The van der Waals surface area contributed by atoms with Crippen molar-refractivity contribution in [3.63, 3.8) is 0 Å². The Morgan fingerprint density at radius 2 is 2.19 bits per heavy atom. The van der Waals surface area contributed by atoms with Crippen LogP contribution >= 0.6 is 15.9 Å². The molecule has 1 aromatic carbocycles. The van der Waals surface area contributed by atoms with Gasteiger partial charge in [-0.2, -0.15) is 0 Å². The van der Waals surface area contributed by atoms with Crippen molar-refractivity contribution in [3.8, 4) is 0 Å². The van der Waals surface area contributed by atoms with E-state index in [0.29, 0.717) is 5.54 Å². The predicted octanol–water partition coefficient (Wildman–Crippen LogP) is 3.45. The number of hydrogen-bond donors (Lipinski definition) is 2. The van der Waals surface area contributed by atoms with Crippen LogP contribution in [0.4, 0.5) is 5.69 Å². The SMILES string of the molecule is CCC1(NCc2ccc(Br)cc2N)CCC1. The van der Waals surface area contributed by atoms with Crippen molar-refractivity contribution in [2.24, 2.45) is 0 Å². The van der Waals surface area contributed by atoms with Crippen molar-refractivity contribution in [3.05, 3.63) is 28.2 Å². The molecule has 1 aliphatic rings. The molecule has 3 N–H and O–H groups in total. The van der Waals surface area contributed by atoms with E-state index < -0.39 is 0 Å². The first-order valence-electron chi connectivity index (χ1n) is 5.94. The van der Waals surface area contributed by atoms with Crippen LogP contribution in [0.3, 0.4) is 0 Å². The van der Waals surface area contributed by atoms with Crippen LogP contribution in [0, 0.1) is 0 Å². The zero-order valence-corrected chi connectivity index (χ0v) is 11.3. The lowest BCUT2D eigenvalue weighted by Crippen LogP contribution is -2.49. The van der Waals surface area contributed by atoms with Crippen LogP contribution in [0.25, 0.3) is 0 Å². The minimum absolute atomic E-state index is 0.388. The first-order valence-corrected chi connectivity index (χ1v) is 6.73. The van der Waals surface area contributed by atoms with Crippen LogP contribution in [-0.4, -0.2) is 5.54 Å². The van der Waals surface area contributed by atoms with Gasteiger partial charge in [0, 0.05) is 22.2 Å². The Morgan fingerprint density at radius 3 is 2.69 bits per heavy atom. The van der Waals surface area contributed by atoms with Gasteiger partial charge in [-0.1, -0.05) is 28.9 Å². The van der Waals surface area contributed by atoms with E-state index in [-0.39, 0.29) is 0 Å². The standard InChI is InChI=1S/C13H19BrN2/c1-2-13(6-3-7-13)16-9-10-4-5-11(14)8-12(10)15/h4-5,8,16H,2-3,6-7,9,15H2,1H3. The second-order valence-corrected chi connectivity index (χ2v) is 5.60.